The SMILES string of the molecule is COc1ccc(/C(C)=C/C(=O)N2CCN(C(C)=O)CC2)c(OC)c1. The molecule has 6 nitrogen and oxygen atoms in total. The number of ether oxygens (including phenoxy) is 2. The number of hydrogen-bond donors (Lipinski definition) is 0. The normalized spacial score (nSPS) is 15.2. The van der Waals surface area contributed by atoms with Gasteiger partial charge in [-0.3, -0.25) is 9.59 Å². The van der Waals surface area contributed by atoms with Crippen LogP contribution < -0.4 is 9.47 Å². The zero-order chi connectivity index (χ0) is 17.7. The smallest absolute Gasteiger partial charge is 0.246 e. The van der Waals surface area contributed by atoms with Crippen LogP contribution in [0.4, 0.5) is 0 Å². The van der Waals surface area contributed by atoms with E-state index in [4.69, 9.17) is 9.47 Å². The van der Waals surface area contributed by atoms with E-state index in [-0.39, 0.29) is 11.8 Å². The van der Waals surface area contributed by atoms with E-state index < -0.39 is 0 Å². The van der Waals surface area contributed by atoms with E-state index in [0.29, 0.717) is 37.7 Å². The number of piperazine rings is 1. The molecule has 0 saturated carbocycles. The molecule has 0 radical (unpaired) electrons. The van der Waals surface area contributed by atoms with Crippen LogP contribution in [0, 0.1) is 0 Å². The summed E-state index contributed by atoms with van der Waals surface area (Å²) in [4.78, 5) is 27.3. The standard InChI is InChI=1S/C18H24N2O4/c1-13(16-6-5-15(23-3)12-17(16)24-4)11-18(22)20-9-7-19(8-10-20)14(2)21/h5-6,11-12H,7-10H2,1-4H3/b13-11+. The molecule has 6 heteroatoms. The highest BCUT2D eigenvalue weighted by Crippen LogP contribution is 2.30. The predicted molar refractivity (Wildman–Crippen MR) is 92.0 cm³/mol. The number of rotatable bonds is 4. The summed E-state index contributed by atoms with van der Waals surface area (Å²) in [6.45, 7) is 5.72. The minimum Gasteiger partial charge on any atom is -0.497 e. The fraction of sp³-hybridized carbons (Fsp3) is 0.444. The Balaban J connectivity index is 2.10. The van der Waals surface area contributed by atoms with Crippen LogP contribution in [0.5, 0.6) is 11.5 Å². The summed E-state index contributed by atoms with van der Waals surface area (Å²) in [5.74, 6) is 1.37. The van der Waals surface area contributed by atoms with Gasteiger partial charge in [0.15, 0.2) is 0 Å². The van der Waals surface area contributed by atoms with Crippen LogP contribution in [0.2, 0.25) is 0 Å². The minimum absolute atomic E-state index is 0.0476. The topological polar surface area (TPSA) is 59.1 Å². The second-order valence-electron chi connectivity index (χ2n) is 5.72. The maximum atomic E-state index is 12.5. The molecule has 1 aliphatic rings. The molecule has 0 N–H and O–H groups in total. The Hall–Kier alpha value is -2.50. The van der Waals surface area contributed by atoms with E-state index in [1.165, 1.54) is 0 Å². The van der Waals surface area contributed by atoms with E-state index in [2.05, 4.69) is 0 Å². The fourth-order valence-electron chi connectivity index (χ4n) is 2.72. The summed E-state index contributed by atoms with van der Waals surface area (Å²) >= 11 is 0. The Labute approximate surface area is 142 Å². The molecule has 2 amide bonds. The Morgan fingerprint density at radius 2 is 1.62 bits per heavy atom. The molecule has 0 bridgehead atoms. The highest BCUT2D eigenvalue weighted by atomic mass is 16.5. The number of benzene rings is 1. The van der Waals surface area contributed by atoms with Crippen molar-refractivity contribution in [3.63, 3.8) is 0 Å². The van der Waals surface area contributed by atoms with Gasteiger partial charge in [0, 0.05) is 50.8 Å². The Morgan fingerprint density at radius 1 is 1.00 bits per heavy atom. The molecule has 0 atom stereocenters. The van der Waals surface area contributed by atoms with Crippen molar-refractivity contribution in [2.45, 2.75) is 13.8 Å². The van der Waals surface area contributed by atoms with Crippen molar-refractivity contribution < 1.29 is 19.1 Å². The fourth-order valence-corrected chi connectivity index (χ4v) is 2.72. The maximum absolute atomic E-state index is 12.5. The van der Waals surface area contributed by atoms with Crippen LogP contribution in [-0.2, 0) is 9.59 Å². The van der Waals surface area contributed by atoms with Crippen molar-refractivity contribution in [2.24, 2.45) is 0 Å². The third kappa shape index (κ3) is 4.07. The van der Waals surface area contributed by atoms with E-state index >= 15 is 0 Å². The van der Waals surface area contributed by atoms with Crippen molar-refractivity contribution in [3.05, 3.63) is 29.8 Å². The van der Waals surface area contributed by atoms with Gasteiger partial charge in [-0.2, -0.15) is 0 Å². The van der Waals surface area contributed by atoms with Crippen LogP contribution in [0.25, 0.3) is 5.57 Å². The third-order valence-corrected chi connectivity index (χ3v) is 4.21. The Morgan fingerprint density at radius 3 is 2.17 bits per heavy atom. The second-order valence-corrected chi connectivity index (χ2v) is 5.72. The number of methoxy groups -OCH3 is 2. The Bertz CT molecular complexity index is 646. The number of nitrogens with zero attached hydrogens (tertiary/aromatic N) is 2. The molecule has 1 fully saturated rings. The number of carbonyl (C=O) groups excluding carboxylic acids is 2. The summed E-state index contributed by atoms with van der Waals surface area (Å²) < 4.78 is 10.6. The van der Waals surface area contributed by atoms with Crippen LogP contribution in [0.3, 0.4) is 0 Å². The van der Waals surface area contributed by atoms with Crippen molar-refractivity contribution in [1.29, 1.82) is 0 Å². The molecule has 1 saturated heterocycles. The molecular weight excluding hydrogens is 308 g/mol. The third-order valence-electron chi connectivity index (χ3n) is 4.21. The zero-order valence-electron chi connectivity index (χ0n) is 14.7. The van der Waals surface area contributed by atoms with Crippen LogP contribution in [-0.4, -0.2) is 62.0 Å². The zero-order valence-corrected chi connectivity index (χ0v) is 14.7. The molecular formula is C18H24N2O4. The molecule has 0 unspecified atom stereocenters. The molecule has 1 aromatic carbocycles. The lowest BCUT2D eigenvalue weighted by atomic mass is 10.1. The van der Waals surface area contributed by atoms with Gasteiger partial charge in [-0.1, -0.05) is 0 Å². The predicted octanol–water partition coefficient (Wildman–Crippen LogP) is 1.80. The van der Waals surface area contributed by atoms with Gasteiger partial charge < -0.3 is 19.3 Å². The average molecular weight is 332 g/mol. The summed E-state index contributed by atoms with van der Waals surface area (Å²) in [6, 6.07) is 5.51. The number of amides is 2. The first-order valence-electron chi connectivity index (χ1n) is 7.91. The molecule has 0 spiro atoms. The first kappa shape index (κ1) is 17.8. The van der Waals surface area contributed by atoms with Crippen molar-refractivity contribution in [1.82, 2.24) is 9.80 Å². The molecule has 1 heterocycles. The molecule has 1 aromatic rings. The summed E-state index contributed by atoms with van der Waals surface area (Å²) in [5, 5.41) is 0. The molecule has 24 heavy (non-hydrogen) atoms. The lowest BCUT2D eigenvalue weighted by Gasteiger charge is -2.33. The van der Waals surface area contributed by atoms with Gasteiger partial charge in [0.05, 0.1) is 14.2 Å². The minimum atomic E-state index is -0.0476. The van der Waals surface area contributed by atoms with Crippen molar-refractivity contribution in [2.75, 3.05) is 40.4 Å². The molecule has 130 valence electrons. The first-order valence-corrected chi connectivity index (χ1v) is 7.91. The molecule has 1 aliphatic heterocycles. The number of hydrogen-bond acceptors (Lipinski definition) is 4. The maximum Gasteiger partial charge on any atom is 0.246 e. The summed E-state index contributed by atoms with van der Waals surface area (Å²) in [7, 11) is 3.19. The lowest BCUT2D eigenvalue weighted by molar-refractivity contribution is -0.135. The van der Waals surface area contributed by atoms with E-state index in [9.17, 15) is 9.59 Å². The van der Waals surface area contributed by atoms with E-state index in [1.54, 1.807) is 43.1 Å². The van der Waals surface area contributed by atoms with Crippen LogP contribution >= 0.6 is 0 Å². The van der Waals surface area contributed by atoms with Gasteiger partial charge in [0.1, 0.15) is 11.5 Å². The van der Waals surface area contributed by atoms with Crippen molar-refractivity contribution in [3.8, 4) is 11.5 Å². The van der Waals surface area contributed by atoms with Gasteiger partial charge in [-0.25, -0.2) is 0 Å². The quantitative estimate of drug-likeness (QED) is 0.789. The summed E-state index contributed by atoms with van der Waals surface area (Å²) in [5.41, 5.74) is 1.68. The monoisotopic (exact) mass is 332 g/mol. The molecule has 0 aliphatic carbocycles. The van der Waals surface area contributed by atoms with Crippen LogP contribution in [0.15, 0.2) is 24.3 Å². The highest BCUT2D eigenvalue weighted by molar-refractivity contribution is 5.95. The lowest BCUT2D eigenvalue weighted by Crippen LogP contribution is -2.49. The largest absolute Gasteiger partial charge is 0.497 e. The van der Waals surface area contributed by atoms with Gasteiger partial charge in [0.2, 0.25) is 11.8 Å². The van der Waals surface area contributed by atoms with E-state index in [1.807, 2.05) is 19.1 Å². The number of carbonyl (C=O) groups is 2. The highest BCUT2D eigenvalue weighted by Gasteiger charge is 2.21. The van der Waals surface area contributed by atoms with Gasteiger partial charge in [-0.15, -0.1) is 0 Å². The van der Waals surface area contributed by atoms with Crippen molar-refractivity contribution >= 4 is 17.4 Å². The average Bonchev–Trinajstić information content (AvgIpc) is 2.60. The molecule has 2 rings (SSSR count). The van der Waals surface area contributed by atoms with Gasteiger partial charge in [-0.05, 0) is 24.6 Å². The number of allylic oxidation sites excluding steroid dienone is 1. The second kappa shape index (κ2) is 7.86. The van der Waals surface area contributed by atoms with E-state index in [0.717, 1.165) is 11.1 Å². The van der Waals surface area contributed by atoms with Crippen LogP contribution in [0.1, 0.15) is 19.4 Å². The molecule has 0 aromatic heterocycles. The van der Waals surface area contributed by atoms with Gasteiger partial charge >= 0.3 is 0 Å². The first-order chi connectivity index (χ1) is 11.5. The van der Waals surface area contributed by atoms with Gasteiger partial charge in [0.25, 0.3) is 0 Å². The summed E-state index contributed by atoms with van der Waals surface area (Å²) in [6.07, 6.45) is 1.62. The Kier molecular flexibility index (Phi) is 5.84.